The topological polar surface area (TPSA) is 79.4 Å². The summed E-state index contributed by atoms with van der Waals surface area (Å²) in [5, 5.41) is 3.47. The first kappa shape index (κ1) is 19.5. The van der Waals surface area contributed by atoms with Crippen LogP contribution in [-0.4, -0.2) is 36.2 Å². The Kier molecular flexibility index (Phi) is 5.28. The van der Waals surface area contributed by atoms with Crippen LogP contribution in [0.5, 0.6) is 0 Å². The Morgan fingerprint density at radius 3 is 2.75 bits per heavy atom. The van der Waals surface area contributed by atoms with Crippen LogP contribution in [0.25, 0.3) is 0 Å². The number of hydrogen-bond donors (Lipinski definition) is 1. The van der Waals surface area contributed by atoms with E-state index in [-0.39, 0.29) is 10.8 Å². The lowest BCUT2D eigenvalue weighted by atomic mass is 9.93. The summed E-state index contributed by atoms with van der Waals surface area (Å²) < 4.78 is 27.4. The smallest absolute Gasteiger partial charge is 0.244 e. The van der Waals surface area contributed by atoms with Crippen LogP contribution < -0.4 is 5.32 Å². The van der Waals surface area contributed by atoms with Gasteiger partial charge in [-0.1, -0.05) is 24.6 Å². The molecule has 1 N–H and O–H groups in total. The molecule has 2 heterocycles. The highest BCUT2D eigenvalue weighted by Crippen LogP contribution is 2.33. The molecule has 1 aliphatic carbocycles. The van der Waals surface area contributed by atoms with Gasteiger partial charge in [0.15, 0.2) is 5.13 Å². The second-order valence-electron chi connectivity index (χ2n) is 7.81. The molecular formula is C20H25N3O3S2. The van der Waals surface area contributed by atoms with Crippen molar-refractivity contribution in [3.8, 4) is 0 Å². The second kappa shape index (κ2) is 7.57. The van der Waals surface area contributed by atoms with Gasteiger partial charge >= 0.3 is 0 Å². The van der Waals surface area contributed by atoms with Gasteiger partial charge in [-0.2, -0.15) is 4.31 Å². The van der Waals surface area contributed by atoms with Crippen molar-refractivity contribution in [2.45, 2.75) is 56.9 Å². The SMILES string of the molecule is Cc1ccc(S(=O)(=O)N2CCC[C@H]2C(=O)Nc2nc3c(s2)CC(C)CC3)cc1. The van der Waals surface area contributed by atoms with Crippen molar-refractivity contribution in [1.29, 1.82) is 0 Å². The molecule has 6 nitrogen and oxygen atoms in total. The van der Waals surface area contributed by atoms with E-state index in [2.05, 4.69) is 17.2 Å². The van der Waals surface area contributed by atoms with Crippen LogP contribution >= 0.6 is 11.3 Å². The van der Waals surface area contributed by atoms with Crippen LogP contribution in [0.3, 0.4) is 0 Å². The minimum absolute atomic E-state index is 0.233. The molecule has 2 atom stereocenters. The molecule has 1 unspecified atom stereocenters. The van der Waals surface area contributed by atoms with Crippen molar-refractivity contribution in [1.82, 2.24) is 9.29 Å². The monoisotopic (exact) mass is 419 g/mol. The molecule has 1 amide bonds. The number of anilines is 1. The molecule has 2 aliphatic rings. The molecule has 0 bridgehead atoms. The van der Waals surface area contributed by atoms with Crippen molar-refractivity contribution in [2.24, 2.45) is 5.92 Å². The highest BCUT2D eigenvalue weighted by molar-refractivity contribution is 7.89. The first-order chi connectivity index (χ1) is 13.3. The lowest BCUT2D eigenvalue weighted by Gasteiger charge is -2.23. The first-order valence-corrected chi connectivity index (χ1v) is 12.0. The molecule has 28 heavy (non-hydrogen) atoms. The van der Waals surface area contributed by atoms with E-state index in [1.165, 1.54) is 20.5 Å². The zero-order valence-corrected chi connectivity index (χ0v) is 17.8. The molecule has 8 heteroatoms. The van der Waals surface area contributed by atoms with Crippen LogP contribution in [0.4, 0.5) is 5.13 Å². The van der Waals surface area contributed by atoms with Gasteiger partial charge in [0.05, 0.1) is 10.6 Å². The predicted octanol–water partition coefficient (Wildman–Crippen LogP) is 3.37. The van der Waals surface area contributed by atoms with Crippen LogP contribution in [0.15, 0.2) is 29.2 Å². The van der Waals surface area contributed by atoms with Crippen LogP contribution in [0.2, 0.25) is 0 Å². The number of fused-ring (bicyclic) bond motifs is 1. The van der Waals surface area contributed by atoms with Gasteiger partial charge in [0.25, 0.3) is 0 Å². The molecule has 1 aromatic heterocycles. The quantitative estimate of drug-likeness (QED) is 0.824. The normalized spacial score (nSPS) is 22.8. The molecule has 4 rings (SSSR count). The van der Waals surface area contributed by atoms with Gasteiger partial charge in [-0.3, -0.25) is 4.79 Å². The average molecular weight is 420 g/mol. The number of nitrogens with one attached hydrogen (secondary N) is 1. The van der Waals surface area contributed by atoms with Gasteiger partial charge in [-0.05, 0) is 57.1 Å². The van der Waals surface area contributed by atoms with Gasteiger partial charge in [0.2, 0.25) is 15.9 Å². The zero-order chi connectivity index (χ0) is 19.9. The zero-order valence-electron chi connectivity index (χ0n) is 16.1. The van der Waals surface area contributed by atoms with Crippen molar-refractivity contribution in [2.75, 3.05) is 11.9 Å². The van der Waals surface area contributed by atoms with Crippen LogP contribution in [-0.2, 0) is 27.7 Å². The molecular weight excluding hydrogens is 394 g/mol. The number of aromatic nitrogens is 1. The molecule has 1 aromatic carbocycles. The van der Waals surface area contributed by atoms with Crippen LogP contribution in [0, 0.1) is 12.8 Å². The fourth-order valence-electron chi connectivity index (χ4n) is 3.92. The minimum Gasteiger partial charge on any atom is -0.301 e. The summed E-state index contributed by atoms with van der Waals surface area (Å²) in [7, 11) is -3.70. The number of hydrogen-bond acceptors (Lipinski definition) is 5. The summed E-state index contributed by atoms with van der Waals surface area (Å²) in [6, 6.07) is 6.08. The van der Waals surface area contributed by atoms with E-state index in [1.807, 2.05) is 6.92 Å². The van der Waals surface area contributed by atoms with E-state index in [0.717, 1.165) is 30.5 Å². The maximum Gasteiger partial charge on any atom is 0.244 e. The summed E-state index contributed by atoms with van der Waals surface area (Å²) in [5.74, 6) is 0.355. The molecule has 1 fully saturated rings. The Hall–Kier alpha value is -1.77. The summed E-state index contributed by atoms with van der Waals surface area (Å²) >= 11 is 1.52. The van der Waals surface area contributed by atoms with E-state index in [1.54, 1.807) is 24.3 Å². The molecule has 0 spiro atoms. The fraction of sp³-hybridized carbons (Fsp3) is 0.500. The number of nitrogens with zero attached hydrogens (tertiary/aromatic N) is 2. The van der Waals surface area contributed by atoms with Gasteiger partial charge in [0.1, 0.15) is 6.04 Å². The van der Waals surface area contributed by atoms with Crippen LogP contribution in [0.1, 0.15) is 42.3 Å². The third-order valence-electron chi connectivity index (χ3n) is 5.55. The summed E-state index contributed by atoms with van der Waals surface area (Å²) in [5.41, 5.74) is 2.07. The number of rotatable bonds is 4. The standard InChI is InChI=1S/C20H25N3O3S2/c1-13-5-8-15(9-6-13)28(25,26)23-11-3-4-17(23)19(24)22-20-21-16-10-7-14(2)12-18(16)27-20/h5-6,8-9,14,17H,3-4,7,10-12H2,1-2H3,(H,21,22,24)/t14?,17-/m0/s1. The fourth-order valence-corrected chi connectivity index (χ4v) is 6.75. The maximum absolute atomic E-state index is 13.0. The highest BCUT2D eigenvalue weighted by atomic mass is 32.2. The summed E-state index contributed by atoms with van der Waals surface area (Å²) in [4.78, 5) is 18.9. The molecule has 2 aromatic rings. The van der Waals surface area contributed by atoms with E-state index < -0.39 is 16.1 Å². The van der Waals surface area contributed by atoms with Gasteiger partial charge in [0, 0.05) is 11.4 Å². The lowest BCUT2D eigenvalue weighted by molar-refractivity contribution is -0.119. The number of sulfonamides is 1. The Morgan fingerprint density at radius 1 is 1.25 bits per heavy atom. The Bertz CT molecular complexity index is 983. The van der Waals surface area contributed by atoms with Crippen molar-refractivity contribution in [3.63, 3.8) is 0 Å². The largest absolute Gasteiger partial charge is 0.301 e. The predicted molar refractivity (Wildman–Crippen MR) is 110 cm³/mol. The molecule has 150 valence electrons. The maximum atomic E-state index is 13.0. The third kappa shape index (κ3) is 3.73. The van der Waals surface area contributed by atoms with Crippen molar-refractivity contribution in [3.05, 3.63) is 40.4 Å². The lowest BCUT2D eigenvalue weighted by Crippen LogP contribution is -2.43. The number of aryl methyl sites for hydroxylation is 2. The number of thiazole rings is 1. The van der Waals surface area contributed by atoms with Gasteiger partial charge in [-0.25, -0.2) is 13.4 Å². The molecule has 1 aliphatic heterocycles. The van der Waals surface area contributed by atoms with Crippen molar-refractivity contribution >= 4 is 32.4 Å². The van der Waals surface area contributed by atoms with E-state index in [4.69, 9.17) is 0 Å². The number of amides is 1. The Labute approximate surface area is 170 Å². The number of benzene rings is 1. The molecule has 0 radical (unpaired) electrons. The van der Waals surface area contributed by atoms with E-state index in [0.29, 0.717) is 30.4 Å². The Balaban J connectivity index is 1.52. The van der Waals surface area contributed by atoms with E-state index >= 15 is 0 Å². The summed E-state index contributed by atoms with van der Waals surface area (Å²) in [6.45, 7) is 4.50. The highest BCUT2D eigenvalue weighted by Gasteiger charge is 2.39. The third-order valence-corrected chi connectivity index (χ3v) is 8.51. The van der Waals surface area contributed by atoms with E-state index in [9.17, 15) is 13.2 Å². The first-order valence-electron chi connectivity index (χ1n) is 9.72. The second-order valence-corrected chi connectivity index (χ2v) is 10.8. The molecule has 1 saturated heterocycles. The van der Waals surface area contributed by atoms with Gasteiger partial charge < -0.3 is 5.32 Å². The summed E-state index contributed by atoms with van der Waals surface area (Å²) in [6.07, 6.45) is 4.27. The average Bonchev–Trinajstić information content (AvgIpc) is 3.28. The van der Waals surface area contributed by atoms with Crippen molar-refractivity contribution < 1.29 is 13.2 Å². The Morgan fingerprint density at radius 2 is 2.00 bits per heavy atom. The molecule has 0 saturated carbocycles. The minimum atomic E-state index is -3.70. The van der Waals surface area contributed by atoms with Gasteiger partial charge in [-0.15, -0.1) is 11.3 Å². The number of carbonyl (C=O) groups excluding carboxylic acids is 1. The number of carbonyl (C=O) groups is 1.